The van der Waals surface area contributed by atoms with Gasteiger partial charge < -0.3 is 47.3 Å². The zero-order chi connectivity index (χ0) is 35.8. The highest BCUT2D eigenvalue weighted by Crippen LogP contribution is 2.12. The van der Waals surface area contributed by atoms with Gasteiger partial charge in [0.15, 0.2) is 0 Å². The molecule has 0 saturated heterocycles. The van der Waals surface area contributed by atoms with E-state index < -0.39 is 84.5 Å². The highest BCUT2D eigenvalue weighted by Gasteiger charge is 2.32. The number of aliphatic hydroxyl groups excluding tert-OH is 2. The molecular weight excluding hydrogens is 612 g/mol. The van der Waals surface area contributed by atoms with Crippen LogP contribution in [-0.2, 0) is 39.9 Å². The van der Waals surface area contributed by atoms with Crippen molar-refractivity contribution >= 4 is 35.5 Å². The standard InChI is InChI=1S/C32H52N6O9/c1-17(2)26(31(45)38-27(18(3)4)32(46)47-7)37-25(41)14-13-24(40)23(15-21-11-9-8-10-12-21)36-29(43)20(6)34-28(42)19(5)35-30(44)22(33)16-39/h8-12,17-20,22-24,26-27,39-40H,13-16,33H2,1-7H3,(H,34,42)(H,35,44)(H,36,43)(H,37,41)(H,38,45)/t19-,20-,22-,23-,24+,26-,27-/m0/s1. The van der Waals surface area contributed by atoms with Gasteiger partial charge in [0.2, 0.25) is 29.5 Å². The topological polar surface area (TPSA) is 238 Å². The second kappa shape index (κ2) is 20.2. The molecule has 15 nitrogen and oxygen atoms in total. The van der Waals surface area contributed by atoms with Gasteiger partial charge in [-0.2, -0.15) is 0 Å². The number of nitrogens with two attached hydrogens (primary N) is 1. The molecule has 5 amide bonds. The van der Waals surface area contributed by atoms with E-state index in [0.29, 0.717) is 0 Å². The maximum atomic E-state index is 13.1. The van der Waals surface area contributed by atoms with E-state index in [1.54, 1.807) is 39.8 Å². The minimum atomic E-state index is -1.20. The van der Waals surface area contributed by atoms with E-state index in [-0.39, 0.29) is 31.1 Å². The van der Waals surface area contributed by atoms with Crippen molar-refractivity contribution in [2.24, 2.45) is 17.6 Å². The average Bonchev–Trinajstić information content (AvgIpc) is 3.03. The molecule has 0 radical (unpaired) electrons. The summed E-state index contributed by atoms with van der Waals surface area (Å²) < 4.78 is 4.78. The number of hydrogen-bond acceptors (Lipinski definition) is 10. The van der Waals surface area contributed by atoms with Crippen LogP contribution in [0, 0.1) is 11.8 Å². The summed E-state index contributed by atoms with van der Waals surface area (Å²) in [5, 5.41) is 33.0. The molecule has 0 fully saturated rings. The number of carbonyl (C=O) groups is 6. The Bertz CT molecular complexity index is 1200. The van der Waals surface area contributed by atoms with Crippen molar-refractivity contribution in [3.63, 3.8) is 0 Å². The average molecular weight is 665 g/mol. The lowest BCUT2D eigenvalue weighted by atomic mass is 9.97. The summed E-state index contributed by atoms with van der Waals surface area (Å²) in [4.78, 5) is 75.6. The molecule has 0 aromatic heterocycles. The maximum Gasteiger partial charge on any atom is 0.328 e. The second-order valence-electron chi connectivity index (χ2n) is 12.2. The first kappa shape index (κ1) is 40.9. The first-order valence-corrected chi connectivity index (χ1v) is 15.7. The molecule has 264 valence electrons. The van der Waals surface area contributed by atoms with Crippen molar-refractivity contribution in [1.82, 2.24) is 26.6 Å². The quantitative estimate of drug-likeness (QED) is 0.0808. The third-order valence-corrected chi connectivity index (χ3v) is 7.48. The van der Waals surface area contributed by atoms with Crippen LogP contribution in [0.5, 0.6) is 0 Å². The van der Waals surface area contributed by atoms with Crippen molar-refractivity contribution in [3.05, 3.63) is 35.9 Å². The van der Waals surface area contributed by atoms with Crippen LogP contribution >= 0.6 is 0 Å². The van der Waals surface area contributed by atoms with Crippen LogP contribution in [0.25, 0.3) is 0 Å². The zero-order valence-electron chi connectivity index (χ0n) is 28.2. The summed E-state index contributed by atoms with van der Waals surface area (Å²) >= 11 is 0. The Morgan fingerprint density at radius 3 is 1.79 bits per heavy atom. The summed E-state index contributed by atoms with van der Waals surface area (Å²) in [6, 6.07) is 3.03. The van der Waals surface area contributed by atoms with Crippen LogP contribution in [0.3, 0.4) is 0 Å². The van der Waals surface area contributed by atoms with Gasteiger partial charge in [-0.3, -0.25) is 24.0 Å². The molecule has 0 heterocycles. The number of hydrogen-bond donors (Lipinski definition) is 8. The van der Waals surface area contributed by atoms with Crippen LogP contribution in [0.15, 0.2) is 30.3 Å². The van der Waals surface area contributed by atoms with E-state index in [1.807, 2.05) is 18.2 Å². The van der Waals surface area contributed by atoms with Crippen molar-refractivity contribution in [1.29, 1.82) is 0 Å². The van der Waals surface area contributed by atoms with Gasteiger partial charge in [-0.1, -0.05) is 58.0 Å². The van der Waals surface area contributed by atoms with Gasteiger partial charge in [0, 0.05) is 6.42 Å². The summed E-state index contributed by atoms with van der Waals surface area (Å²) in [5.74, 6) is -4.25. The number of amides is 5. The SMILES string of the molecule is COC(=O)[C@@H](NC(=O)[C@@H](NC(=O)CC[C@@H](O)[C@H](Cc1ccccc1)NC(=O)[C@H](C)NC(=O)[C@H](C)NC(=O)[C@@H](N)CO)C(C)C)C(C)C. The van der Waals surface area contributed by atoms with Crippen molar-refractivity contribution < 1.29 is 43.7 Å². The number of benzene rings is 1. The summed E-state index contributed by atoms with van der Waals surface area (Å²) in [5.41, 5.74) is 6.26. The fraction of sp³-hybridized carbons (Fsp3) is 0.625. The Kier molecular flexibility index (Phi) is 17.6. The fourth-order valence-electron chi connectivity index (χ4n) is 4.46. The molecule has 0 aliphatic carbocycles. The highest BCUT2D eigenvalue weighted by atomic mass is 16.5. The first-order chi connectivity index (χ1) is 22.0. The van der Waals surface area contributed by atoms with Crippen LogP contribution in [0.4, 0.5) is 0 Å². The van der Waals surface area contributed by atoms with Crippen molar-refractivity contribution in [2.45, 2.75) is 103 Å². The van der Waals surface area contributed by atoms with E-state index in [4.69, 9.17) is 15.6 Å². The molecule has 1 aromatic rings. The largest absolute Gasteiger partial charge is 0.467 e. The van der Waals surface area contributed by atoms with Gasteiger partial charge in [-0.25, -0.2) is 4.79 Å². The molecule has 0 aliphatic rings. The molecule has 47 heavy (non-hydrogen) atoms. The molecule has 0 aliphatic heterocycles. The van der Waals surface area contributed by atoms with Gasteiger partial charge in [0.05, 0.1) is 25.9 Å². The Balaban J connectivity index is 2.92. The number of rotatable bonds is 19. The first-order valence-electron chi connectivity index (χ1n) is 15.7. The van der Waals surface area contributed by atoms with Crippen molar-refractivity contribution in [3.8, 4) is 0 Å². The Morgan fingerprint density at radius 2 is 1.28 bits per heavy atom. The minimum absolute atomic E-state index is 0.0677. The van der Waals surface area contributed by atoms with Gasteiger partial charge in [-0.15, -0.1) is 0 Å². The molecule has 1 rings (SSSR count). The predicted molar refractivity (Wildman–Crippen MR) is 173 cm³/mol. The lowest BCUT2D eigenvalue weighted by Crippen LogP contribution is -2.56. The fourth-order valence-corrected chi connectivity index (χ4v) is 4.46. The monoisotopic (exact) mass is 664 g/mol. The number of nitrogens with one attached hydrogen (secondary N) is 5. The van der Waals surface area contributed by atoms with Gasteiger partial charge in [0.1, 0.15) is 30.2 Å². The zero-order valence-corrected chi connectivity index (χ0v) is 28.2. The lowest BCUT2D eigenvalue weighted by molar-refractivity contribution is -0.146. The number of aliphatic hydroxyl groups is 2. The molecule has 9 N–H and O–H groups in total. The number of ether oxygens (including phenoxy) is 1. The van der Waals surface area contributed by atoms with Gasteiger partial charge >= 0.3 is 5.97 Å². The highest BCUT2D eigenvalue weighted by molar-refractivity contribution is 5.93. The minimum Gasteiger partial charge on any atom is -0.467 e. The Hall–Kier alpha value is -4.08. The Morgan fingerprint density at radius 1 is 0.745 bits per heavy atom. The van der Waals surface area contributed by atoms with Crippen LogP contribution in [0.2, 0.25) is 0 Å². The van der Waals surface area contributed by atoms with Gasteiger partial charge in [0.25, 0.3) is 0 Å². The number of carbonyl (C=O) groups excluding carboxylic acids is 6. The molecule has 7 atom stereocenters. The molecule has 0 spiro atoms. The number of methoxy groups -OCH3 is 1. The molecule has 0 unspecified atom stereocenters. The summed E-state index contributed by atoms with van der Waals surface area (Å²) in [6.45, 7) is 9.21. The molecule has 0 saturated carbocycles. The summed E-state index contributed by atoms with van der Waals surface area (Å²) in [7, 11) is 1.22. The maximum absolute atomic E-state index is 13.1. The van der Waals surface area contributed by atoms with Gasteiger partial charge in [-0.05, 0) is 44.1 Å². The van der Waals surface area contributed by atoms with E-state index in [9.17, 15) is 33.9 Å². The summed E-state index contributed by atoms with van der Waals surface area (Å²) in [6.07, 6.45) is -1.23. The van der Waals surface area contributed by atoms with E-state index in [0.717, 1.165) is 5.56 Å². The smallest absolute Gasteiger partial charge is 0.328 e. The van der Waals surface area contributed by atoms with Crippen LogP contribution in [-0.4, -0.2) is 102 Å². The third kappa shape index (κ3) is 14.1. The Labute approximate surface area is 276 Å². The molecule has 1 aromatic carbocycles. The van der Waals surface area contributed by atoms with E-state index in [2.05, 4.69) is 26.6 Å². The molecular formula is C32H52N6O9. The third-order valence-electron chi connectivity index (χ3n) is 7.48. The molecule has 15 heteroatoms. The number of esters is 1. The second-order valence-corrected chi connectivity index (χ2v) is 12.2. The molecule has 0 bridgehead atoms. The van der Waals surface area contributed by atoms with E-state index >= 15 is 0 Å². The predicted octanol–water partition coefficient (Wildman–Crippen LogP) is -1.36. The van der Waals surface area contributed by atoms with E-state index in [1.165, 1.54) is 21.0 Å². The lowest BCUT2D eigenvalue weighted by Gasteiger charge is -2.28. The van der Waals surface area contributed by atoms with Crippen molar-refractivity contribution in [2.75, 3.05) is 13.7 Å². The van der Waals surface area contributed by atoms with Crippen LogP contribution in [0.1, 0.15) is 59.9 Å². The normalized spacial score (nSPS) is 15.7. The van der Waals surface area contributed by atoms with Crippen LogP contribution < -0.4 is 32.3 Å².